The SMILES string of the molecule is N#CC12CC(n3nc4n(c3=O)[C@@H](c3cc(F)cc(F)c3)CS4)(C1)C2. The van der Waals surface area contributed by atoms with Gasteiger partial charge in [-0.2, -0.15) is 5.26 Å². The third-order valence-corrected chi connectivity index (χ3v) is 6.44. The first-order chi connectivity index (χ1) is 11.5. The van der Waals surface area contributed by atoms with Gasteiger partial charge in [-0.1, -0.05) is 11.8 Å². The largest absolute Gasteiger partial charge is 0.347 e. The van der Waals surface area contributed by atoms with Crippen molar-refractivity contribution in [3.05, 3.63) is 45.9 Å². The molecule has 0 amide bonds. The van der Waals surface area contributed by atoms with Crippen LogP contribution in [0.25, 0.3) is 0 Å². The Kier molecular flexibility index (Phi) is 2.53. The predicted molar refractivity (Wildman–Crippen MR) is 81.6 cm³/mol. The Morgan fingerprint density at radius 1 is 1.25 bits per heavy atom. The molecular formula is C16H12F2N4OS. The van der Waals surface area contributed by atoms with Gasteiger partial charge >= 0.3 is 5.69 Å². The number of rotatable bonds is 2. The lowest BCUT2D eigenvalue weighted by Crippen LogP contribution is -2.69. The van der Waals surface area contributed by atoms with Gasteiger partial charge in [0.15, 0.2) is 5.16 Å². The molecule has 122 valence electrons. The number of hydrogen-bond acceptors (Lipinski definition) is 4. The average molecular weight is 346 g/mol. The Bertz CT molecular complexity index is 949. The van der Waals surface area contributed by atoms with E-state index < -0.39 is 17.7 Å². The molecule has 2 aromatic rings. The Balaban J connectivity index is 1.56. The Labute approximate surface area is 139 Å². The third-order valence-electron chi connectivity index (χ3n) is 5.42. The van der Waals surface area contributed by atoms with Crippen LogP contribution in [-0.2, 0) is 5.54 Å². The summed E-state index contributed by atoms with van der Waals surface area (Å²) in [7, 11) is 0. The molecule has 0 saturated heterocycles. The van der Waals surface area contributed by atoms with E-state index in [0.717, 1.165) is 6.07 Å². The highest BCUT2D eigenvalue weighted by Gasteiger charge is 2.71. The summed E-state index contributed by atoms with van der Waals surface area (Å²) in [6.45, 7) is 0. The molecule has 0 radical (unpaired) electrons. The molecule has 3 saturated carbocycles. The van der Waals surface area contributed by atoms with E-state index in [1.807, 2.05) is 0 Å². The number of nitriles is 1. The predicted octanol–water partition coefficient (Wildman–Crippen LogP) is 2.42. The Morgan fingerprint density at radius 2 is 1.92 bits per heavy atom. The van der Waals surface area contributed by atoms with Gasteiger partial charge in [0.1, 0.15) is 11.6 Å². The third kappa shape index (κ3) is 1.63. The van der Waals surface area contributed by atoms with E-state index in [9.17, 15) is 13.6 Å². The molecule has 0 unspecified atom stereocenters. The number of nitrogens with zero attached hydrogens (tertiary/aromatic N) is 4. The van der Waals surface area contributed by atoms with E-state index in [1.54, 1.807) is 0 Å². The highest BCUT2D eigenvalue weighted by atomic mass is 32.2. The van der Waals surface area contributed by atoms with Crippen molar-refractivity contribution in [2.45, 2.75) is 36.0 Å². The standard InChI is InChI=1S/C16H12F2N4OS/c17-10-1-9(2-11(18)3-10)12-4-24-13-20-22(14(23)21(12)13)16-5-15(6-16,7-16)8-19/h1-3,12H,4-7H2/t12-,15?,16?/m1/s1. The van der Waals surface area contributed by atoms with E-state index >= 15 is 0 Å². The van der Waals surface area contributed by atoms with Crippen molar-refractivity contribution >= 4 is 11.8 Å². The molecule has 2 heterocycles. The molecule has 0 spiro atoms. The van der Waals surface area contributed by atoms with Crippen molar-refractivity contribution in [1.29, 1.82) is 5.26 Å². The molecule has 0 N–H and O–H groups in total. The lowest BCUT2D eigenvalue weighted by molar-refractivity contribution is -0.155. The van der Waals surface area contributed by atoms with Crippen LogP contribution in [0.15, 0.2) is 28.2 Å². The molecule has 4 aliphatic rings. The van der Waals surface area contributed by atoms with Gasteiger partial charge in [0.25, 0.3) is 0 Å². The second-order valence-electron chi connectivity index (χ2n) is 7.02. The molecule has 1 atom stereocenters. The minimum absolute atomic E-state index is 0.254. The molecule has 24 heavy (non-hydrogen) atoms. The van der Waals surface area contributed by atoms with E-state index in [4.69, 9.17) is 5.26 Å². The molecule has 3 fully saturated rings. The number of thioether (sulfide) groups is 1. The number of aromatic nitrogens is 3. The Hall–Kier alpha value is -2.14. The first-order valence-corrected chi connectivity index (χ1v) is 8.66. The van der Waals surface area contributed by atoms with Crippen LogP contribution >= 0.6 is 11.8 Å². The van der Waals surface area contributed by atoms with Crippen molar-refractivity contribution in [3.63, 3.8) is 0 Å². The summed E-state index contributed by atoms with van der Waals surface area (Å²) in [4.78, 5) is 12.9. The molecule has 3 aliphatic carbocycles. The number of fused-ring (bicyclic) bond motifs is 1. The molecule has 6 rings (SSSR count). The van der Waals surface area contributed by atoms with Crippen LogP contribution in [0.4, 0.5) is 8.78 Å². The van der Waals surface area contributed by atoms with Crippen molar-refractivity contribution in [2.75, 3.05) is 5.75 Å². The fourth-order valence-corrected chi connectivity index (χ4v) is 5.49. The summed E-state index contributed by atoms with van der Waals surface area (Å²) >= 11 is 1.41. The van der Waals surface area contributed by atoms with Gasteiger partial charge in [0.05, 0.1) is 23.1 Å². The van der Waals surface area contributed by atoms with E-state index in [-0.39, 0.29) is 16.6 Å². The maximum absolute atomic E-state index is 13.5. The van der Waals surface area contributed by atoms with Crippen LogP contribution in [0.1, 0.15) is 30.9 Å². The summed E-state index contributed by atoms with van der Waals surface area (Å²) < 4.78 is 30.1. The van der Waals surface area contributed by atoms with Crippen molar-refractivity contribution in [3.8, 4) is 6.07 Å². The van der Waals surface area contributed by atoms with Crippen LogP contribution in [0, 0.1) is 28.4 Å². The van der Waals surface area contributed by atoms with Gasteiger partial charge in [-0.3, -0.25) is 4.57 Å². The van der Waals surface area contributed by atoms with Gasteiger partial charge in [0, 0.05) is 11.8 Å². The van der Waals surface area contributed by atoms with Gasteiger partial charge in [-0.15, -0.1) is 5.10 Å². The van der Waals surface area contributed by atoms with Crippen LogP contribution < -0.4 is 5.69 Å². The van der Waals surface area contributed by atoms with E-state index in [0.29, 0.717) is 35.7 Å². The van der Waals surface area contributed by atoms with Crippen molar-refractivity contribution < 1.29 is 8.78 Å². The fraction of sp³-hybridized carbons (Fsp3) is 0.438. The first kappa shape index (κ1) is 14.2. The highest BCUT2D eigenvalue weighted by Crippen LogP contribution is 2.70. The van der Waals surface area contributed by atoms with Gasteiger partial charge in [-0.05, 0) is 37.0 Å². The van der Waals surface area contributed by atoms with Gasteiger partial charge < -0.3 is 0 Å². The highest BCUT2D eigenvalue weighted by molar-refractivity contribution is 7.99. The van der Waals surface area contributed by atoms with Crippen LogP contribution in [0.3, 0.4) is 0 Å². The quantitative estimate of drug-likeness (QED) is 0.838. The lowest BCUT2D eigenvalue weighted by atomic mass is 9.40. The number of hydrogen-bond donors (Lipinski definition) is 0. The zero-order valence-electron chi connectivity index (χ0n) is 12.5. The maximum Gasteiger partial charge on any atom is 0.347 e. The summed E-state index contributed by atoms with van der Waals surface area (Å²) in [6, 6.07) is 5.24. The van der Waals surface area contributed by atoms with Gasteiger partial charge in [0.2, 0.25) is 0 Å². The van der Waals surface area contributed by atoms with Crippen molar-refractivity contribution in [1.82, 2.24) is 14.3 Å². The summed E-state index contributed by atoms with van der Waals surface area (Å²) in [6.07, 6.45) is 1.99. The minimum Gasteiger partial charge on any atom is -0.261 e. The van der Waals surface area contributed by atoms with Crippen LogP contribution in [0.2, 0.25) is 0 Å². The normalized spacial score (nSPS) is 32.6. The zero-order valence-corrected chi connectivity index (χ0v) is 13.3. The molecule has 8 heteroatoms. The van der Waals surface area contributed by atoms with Gasteiger partial charge in [-0.25, -0.2) is 18.3 Å². The van der Waals surface area contributed by atoms with E-state index in [2.05, 4.69) is 11.2 Å². The summed E-state index contributed by atoms with van der Waals surface area (Å²) in [5.41, 5.74) is -0.420. The molecule has 2 bridgehead atoms. The first-order valence-electron chi connectivity index (χ1n) is 7.68. The maximum atomic E-state index is 13.5. The molecule has 5 nitrogen and oxygen atoms in total. The second kappa shape index (κ2) is 4.28. The molecule has 1 aromatic carbocycles. The smallest absolute Gasteiger partial charge is 0.261 e. The zero-order chi connectivity index (χ0) is 16.7. The van der Waals surface area contributed by atoms with E-state index in [1.165, 1.54) is 33.1 Å². The minimum atomic E-state index is -0.653. The topological polar surface area (TPSA) is 63.6 Å². The number of benzene rings is 1. The monoisotopic (exact) mass is 346 g/mol. The van der Waals surface area contributed by atoms with Crippen LogP contribution in [-0.4, -0.2) is 20.1 Å². The molecule has 1 aliphatic heterocycles. The molecule has 1 aromatic heterocycles. The Morgan fingerprint density at radius 3 is 2.54 bits per heavy atom. The number of halogens is 2. The fourth-order valence-electron chi connectivity index (χ4n) is 4.35. The lowest BCUT2D eigenvalue weighted by Gasteiger charge is -2.65. The average Bonchev–Trinajstić information content (AvgIpc) is 2.97. The summed E-state index contributed by atoms with van der Waals surface area (Å²) in [5, 5.41) is 14.2. The summed E-state index contributed by atoms with van der Waals surface area (Å²) in [5.74, 6) is -0.783. The van der Waals surface area contributed by atoms with Crippen LogP contribution in [0.5, 0.6) is 0 Å². The second-order valence-corrected chi connectivity index (χ2v) is 8.01. The van der Waals surface area contributed by atoms with Crippen molar-refractivity contribution in [2.24, 2.45) is 5.41 Å². The molecular weight excluding hydrogens is 334 g/mol.